The molecule has 0 bridgehead atoms. The van der Waals surface area contributed by atoms with Crippen LogP contribution in [0.4, 0.5) is 0 Å². The molecule has 0 aromatic heterocycles. The van der Waals surface area contributed by atoms with Crippen LogP contribution in [0, 0.1) is 40.9 Å². The highest BCUT2D eigenvalue weighted by molar-refractivity contribution is 5.15. The Morgan fingerprint density at radius 1 is 1.12 bits per heavy atom. The maximum absolute atomic E-state index is 5.31. The van der Waals surface area contributed by atoms with E-state index in [0.717, 1.165) is 25.0 Å². The highest BCUT2D eigenvalue weighted by atomic mass is 14.9. The van der Waals surface area contributed by atoms with Crippen molar-refractivity contribution in [3.05, 3.63) is 53.5 Å². The molecule has 0 fully saturated rings. The molecule has 0 heterocycles. The van der Waals surface area contributed by atoms with E-state index < -0.39 is 0 Å². The van der Waals surface area contributed by atoms with Crippen molar-refractivity contribution >= 4 is 0 Å². The van der Waals surface area contributed by atoms with Gasteiger partial charge in [-0.05, 0) is 72.8 Å². The lowest BCUT2D eigenvalue weighted by atomic mass is 9.67. The van der Waals surface area contributed by atoms with Gasteiger partial charge in [-0.25, -0.2) is 0 Å². The maximum Gasteiger partial charge on any atom is 0.0760 e. The number of hydrogen-bond donors (Lipinski definition) is 1. The van der Waals surface area contributed by atoms with Crippen LogP contribution in [-0.4, -0.2) is 6.54 Å². The van der Waals surface area contributed by atoms with E-state index in [1.54, 1.807) is 5.57 Å². The SMILES string of the molecule is C#CCN/C(C)=C\C=C\C(C)C/C(=C\CC)C(C)CC(C)(C)C(C)C(=C=C)CC(C)(C)C. The highest BCUT2D eigenvalue weighted by Gasteiger charge is 2.32. The first-order valence-electron chi connectivity index (χ1n) is 12.4. The van der Waals surface area contributed by atoms with Crippen LogP contribution in [0.3, 0.4) is 0 Å². The van der Waals surface area contributed by atoms with Gasteiger partial charge in [-0.2, -0.15) is 0 Å². The summed E-state index contributed by atoms with van der Waals surface area (Å²) in [6.45, 7) is 27.7. The van der Waals surface area contributed by atoms with Crippen LogP contribution < -0.4 is 5.32 Å². The van der Waals surface area contributed by atoms with Gasteiger partial charge >= 0.3 is 0 Å². The fourth-order valence-electron chi connectivity index (χ4n) is 4.34. The standard InChI is InChI=1S/C31H51N/c1-13-17-29(21-24(4)18-16-19-26(6)32-20-14-2)25(5)22-31(11,12)27(7)28(15-3)23-30(8,9)10/h2,16-19,24-25,27,32H,3,13,20-23H2,1,4-12H3/b18-16+,26-19-,29-17+. The van der Waals surface area contributed by atoms with Gasteiger partial charge in [-0.3, -0.25) is 0 Å². The average molecular weight is 438 g/mol. The molecular formula is C31H51N. The van der Waals surface area contributed by atoms with Gasteiger partial charge in [-0.15, -0.1) is 12.2 Å². The van der Waals surface area contributed by atoms with Crippen LogP contribution >= 0.6 is 0 Å². The molecule has 0 rings (SSSR count). The van der Waals surface area contributed by atoms with Crippen molar-refractivity contribution in [1.29, 1.82) is 0 Å². The van der Waals surface area contributed by atoms with E-state index in [2.05, 4.69) is 110 Å². The second-order valence-corrected chi connectivity index (χ2v) is 11.4. The molecule has 0 spiro atoms. The van der Waals surface area contributed by atoms with Crippen LogP contribution in [-0.2, 0) is 0 Å². The Bertz CT molecular complexity index is 738. The monoisotopic (exact) mass is 437 g/mol. The molecule has 3 unspecified atom stereocenters. The largest absolute Gasteiger partial charge is 0.378 e. The summed E-state index contributed by atoms with van der Waals surface area (Å²) < 4.78 is 0. The second kappa shape index (κ2) is 14.3. The predicted octanol–water partition coefficient (Wildman–Crippen LogP) is 8.87. The Morgan fingerprint density at radius 2 is 1.75 bits per heavy atom. The second-order valence-electron chi connectivity index (χ2n) is 11.4. The first-order valence-corrected chi connectivity index (χ1v) is 12.4. The maximum atomic E-state index is 5.31. The van der Waals surface area contributed by atoms with E-state index in [4.69, 9.17) is 6.42 Å². The smallest absolute Gasteiger partial charge is 0.0760 e. The zero-order valence-corrected chi connectivity index (χ0v) is 22.9. The zero-order valence-electron chi connectivity index (χ0n) is 22.9. The minimum atomic E-state index is 0.194. The van der Waals surface area contributed by atoms with Crippen molar-refractivity contribution in [3.8, 4) is 12.3 Å². The molecule has 0 amide bonds. The van der Waals surface area contributed by atoms with Crippen LogP contribution in [0.15, 0.2) is 53.5 Å². The number of allylic oxidation sites excluding steroid dienone is 7. The summed E-state index contributed by atoms with van der Waals surface area (Å²) in [7, 11) is 0. The quantitative estimate of drug-likeness (QED) is 0.131. The lowest BCUT2D eigenvalue weighted by Crippen LogP contribution is -2.28. The van der Waals surface area contributed by atoms with Crippen molar-refractivity contribution in [2.45, 2.75) is 94.9 Å². The van der Waals surface area contributed by atoms with Gasteiger partial charge in [-0.1, -0.05) is 98.6 Å². The topological polar surface area (TPSA) is 12.0 Å². The number of rotatable bonds is 13. The zero-order chi connectivity index (χ0) is 24.9. The van der Waals surface area contributed by atoms with Gasteiger partial charge < -0.3 is 5.32 Å². The molecule has 1 nitrogen and oxygen atoms in total. The van der Waals surface area contributed by atoms with E-state index in [1.165, 1.54) is 12.0 Å². The summed E-state index contributed by atoms with van der Waals surface area (Å²) in [5.74, 6) is 4.12. The molecule has 0 aliphatic carbocycles. The lowest BCUT2D eigenvalue weighted by molar-refractivity contribution is 0.204. The number of nitrogens with one attached hydrogen (secondary N) is 1. The lowest BCUT2D eigenvalue weighted by Gasteiger charge is -2.37. The molecule has 0 aromatic carbocycles. The van der Waals surface area contributed by atoms with Crippen LogP contribution in [0.25, 0.3) is 0 Å². The third-order valence-corrected chi connectivity index (χ3v) is 6.39. The molecular weight excluding hydrogens is 386 g/mol. The van der Waals surface area contributed by atoms with E-state index in [1.807, 2.05) is 6.92 Å². The normalized spacial score (nSPS) is 16.3. The molecule has 0 aliphatic rings. The molecule has 0 aliphatic heterocycles. The van der Waals surface area contributed by atoms with Crippen LogP contribution in [0.5, 0.6) is 0 Å². The molecule has 1 N–H and O–H groups in total. The molecule has 0 saturated carbocycles. The summed E-state index contributed by atoms with van der Waals surface area (Å²) in [5.41, 5.74) is 7.79. The van der Waals surface area contributed by atoms with Crippen LogP contribution in [0.2, 0.25) is 0 Å². The van der Waals surface area contributed by atoms with E-state index >= 15 is 0 Å². The van der Waals surface area contributed by atoms with E-state index in [-0.39, 0.29) is 10.8 Å². The first kappa shape index (κ1) is 30.1. The summed E-state index contributed by atoms with van der Waals surface area (Å²) >= 11 is 0. The van der Waals surface area contributed by atoms with Crippen molar-refractivity contribution in [3.63, 3.8) is 0 Å². The minimum absolute atomic E-state index is 0.194. The fourth-order valence-corrected chi connectivity index (χ4v) is 4.34. The average Bonchev–Trinajstić information content (AvgIpc) is 2.68. The predicted molar refractivity (Wildman–Crippen MR) is 145 cm³/mol. The van der Waals surface area contributed by atoms with Crippen molar-refractivity contribution in [1.82, 2.24) is 5.32 Å². The van der Waals surface area contributed by atoms with E-state index in [0.29, 0.717) is 24.3 Å². The van der Waals surface area contributed by atoms with E-state index in [9.17, 15) is 0 Å². The van der Waals surface area contributed by atoms with Gasteiger partial charge in [0.2, 0.25) is 0 Å². The first-order chi connectivity index (χ1) is 14.8. The van der Waals surface area contributed by atoms with Gasteiger partial charge in [0.1, 0.15) is 0 Å². The van der Waals surface area contributed by atoms with Gasteiger partial charge in [0.05, 0.1) is 6.54 Å². The minimum Gasteiger partial charge on any atom is -0.378 e. The summed E-state index contributed by atoms with van der Waals surface area (Å²) in [6, 6.07) is 0. The Hall–Kier alpha value is -1.90. The Morgan fingerprint density at radius 3 is 2.25 bits per heavy atom. The van der Waals surface area contributed by atoms with Crippen molar-refractivity contribution in [2.24, 2.45) is 28.6 Å². The molecule has 32 heavy (non-hydrogen) atoms. The molecule has 180 valence electrons. The number of hydrogen-bond acceptors (Lipinski definition) is 1. The molecule has 1 heteroatoms. The van der Waals surface area contributed by atoms with Gasteiger partial charge in [0.15, 0.2) is 0 Å². The summed E-state index contributed by atoms with van der Waals surface area (Å²) in [6.07, 6.45) is 18.7. The molecule has 0 aromatic rings. The van der Waals surface area contributed by atoms with Crippen molar-refractivity contribution < 1.29 is 0 Å². The molecule has 0 saturated heterocycles. The van der Waals surface area contributed by atoms with Gasteiger partial charge in [0, 0.05) is 5.70 Å². The fraction of sp³-hybridized carbons (Fsp3) is 0.645. The Balaban J connectivity index is 5.26. The molecule has 0 radical (unpaired) electrons. The van der Waals surface area contributed by atoms with Crippen LogP contribution in [0.1, 0.15) is 94.9 Å². The van der Waals surface area contributed by atoms with Gasteiger partial charge in [0.25, 0.3) is 0 Å². The Labute approximate surface area is 201 Å². The molecule has 3 atom stereocenters. The number of terminal acetylenes is 1. The summed E-state index contributed by atoms with van der Waals surface area (Å²) in [4.78, 5) is 0. The Kier molecular flexibility index (Phi) is 13.4. The van der Waals surface area contributed by atoms with Crippen molar-refractivity contribution in [2.75, 3.05) is 6.54 Å². The third-order valence-electron chi connectivity index (χ3n) is 6.39. The highest BCUT2D eigenvalue weighted by Crippen LogP contribution is 2.43. The summed E-state index contributed by atoms with van der Waals surface area (Å²) in [5, 5.41) is 3.20. The third kappa shape index (κ3) is 12.2.